The van der Waals surface area contributed by atoms with Gasteiger partial charge in [0, 0.05) is 18.0 Å². The molecule has 1 unspecified atom stereocenters. The van der Waals surface area contributed by atoms with Crippen LogP contribution in [0.3, 0.4) is 0 Å². The third-order valence-corrected chi connectivity index (χ3v) is 6.73. The number of nitrogens with zero attached hydrogens (tertiary/aromatic N) is 1. The van der Waals surface area contributed by atoms with Crippen molar-refractivity contribution in [2.45, 2.75) is 45.1 Å². The highest BCUT2D eigenvalue weighted by atomic mass is 35.5. The van der Waals surface area contributed by atoms with Gasteiger partial charge < -0.3 is 5.32 Å². The smallest absolute Gasteiger partial charge is 0.232 e. The van der Waals surface area contributed by atoms with Crippen molar-refractivity contribution >= 4 is 33.2 Å². The van der Waals surface area contributed by atoms with Crippen LogP contribution in [-0.2, 0) is 27.7 Å². The Morgan fingerprint density at radius 2 is 1.83 bits per heavy atom. The summed E-state index contributed by atoms with van der Waals surface area (Å²) in [6, 6.07) is 13.0. The fourth-order valence-electron chi connectivity index (χ4n) is 3.74. The van der Waals surface area contributed by atoms with Gasteiger partial charge in [-0.3, -0.25) is 9.10 Å². The Hall–Kier alpha value is -2.05. The maximum atomic E-state index is 12.4. The number of carbonyl (C=O) groups excluding carboxylic acids is 1. The average molecular weight is 435 g/mol. The first-order valence-corrected chi connectivity index (χ1v) is 12.1. The summed E-state index contributed by atoms with van der Waals surface area (Å²) in [6.45, 7) is 2.21. The van der Waals surface area contributed by atoms with E-state index in [9.17, 15) is 13.2 Å². The minimum absolute atomic E-state index is 0.0734. The highest BCUT2D eigenvalue weighted by Crippen LogP contribution is 2.25. The first-order valence-electron chi connectivity index (χ1n) is 9.88. The van der Waals surface area contributed by atoms with Gasteiger partial charge in [0.1, 0.15) is 0 Å². The van der Waals surface area contributed by atoms with E-state index in [2.05, 4.69) is 23.5 Å². The third-order valence-electron chi connectivity index (χ3n) is 5.28. The van der Waals surface area contributed by atoms with Gasteiger partial charge in [0.25, 0.3) is 0 Å². The zero-order valence-electron chi connectivity index (χ0n) is 16.8. The number of benzene rings is 2. The lowest BCUT2D eigenvalue weighted by Crippen LogP contribution is -2.32. The van der Waals surface area contributed by atoms with E-state index in [0.717, 1.165) is 24.7 Å². The van der Waals surface area contributed by atoms with Crippen LogP contribution in [0, 0.1) is 0 Å². The molecule has 156 valence electrons. The maximum absolute atomic E-state index is 12.4. The van der Waals surface area contributed by atoms with Crippen molar-refractivity contribution in [1.82, 2.24) is 5.32 Å². The number of nitrogens with one attached hydrogen (secondary N) is 1. The molecule has 1 aliphatic rings. The third kappa shape index (κ3) is 5.73. The number of sulfonamides is 1. The Kier molecular flexibility index (Phi) is 6.85. The predicted octanol–water partition coefficient (Wildman–Crippen LogP) is 4.25. The van der Waals surface area contributed by atoms with Crippen LogP contribution in [0.15, 0.2) is 42.5 Å². The molecule has 29 heavy (non-hydrogen) atoms. The van der Waals surface area contributed by atoms with Gasteiger partial charge in [-0.1, -0.05) is 29.8 Å². The molecule has 0 saturated heterocycles. The molecule has 1 aliphatic carbocycles. The van der Waals surface area contributed by atoms with E-state index in [-0.39, 0.29) is 24.9 Å². The van der Waals surface area contributed by atoms with Gasteiger partial charge in [-0.15, -0.1) is 0 Å². The molecule has 7 heteroatoms. The topological polar surface area (TPSA) is 66.5 Å². The molecular formula is C22H27ClN2O3S. The molecule has 0 bridgehead atoms. The molecule has 0 heterocycles. The molecule has 0 fully saturated rings. The van der Waals surface area contributed by atoms with Crippen molar-refractivity contribution in [2.75, 3.05) is 17.1 Å². The molecule has 2 aromatic carbocycles. The molecule has 5 nitrogen and oxygen atoms in total. The summed E-state index contributed by atoms with van der Waals surface area (Å²) < 4.78 is 25.6. The van der Waals surface area contributed by atoms with Gasteiger partial charge in [0.15, 0.2) is 0 Å². The lowest BCUT2D eigenvalue weighted by atomic mass is 10.0. The Morgan fingerprint density at radius 1 is 1.14 bits per heavy atom. The van der Waals surface area contributed by atoms with E-state index in [1.807, 2.05) is 6.92 Å². The summed E-state index contributed by atoms with van der Waals surface area (Å²) >= 11 is 5.89. The molecule has 2 aromatic rings. The average Bonchev–Trinajstić information content (AvgIpc) is 3.13. The van der Waals surface area contributed by atoms with E-state index >= 15 is 0 Å². The standard InChI is InChI=1S/C22H27ClN2O3S/c1-16(18-9-8-17-5-3-6-19(17)15-18)24-22(26)7-4-14-25(29(2,27)28)21-12-10-20(23)11-13-21/h8-13,15-16H,3-7,14H2,1-2H3,(H,24,26). The number of hydrogen-bond donors (Lipinski definition) is 1. The van der Waals surface area contributed by atoms with Gasteiger partial charge in [0.2, 0.25) is 15.9 Å². The summed E-state index contributed by atoms with van der Waals surface area (Å²) in [4.78, 5) is 12.4. The molecule has 1 atom stereocenters. The van der Waals surface area contributed by atoms with E-state index in [4.69, 9.17) is 11.6 Å². The van der Waals surface area contributed by atoms with Crippen LogP contribution in [0.2, 0.25) is 5.02 Å². The van der Waals surface area contributed by atoms with E-state index < -0.39 is 10.0 Å². The molecule has 1 amide bonds. The Bertz CT molecular complexity index is 974. The second-order valence-electron chi connectivity index (χ2n) is 7.59. The van der Waals surface area contributed by atoms with Crippen molar-refractivity contribution in [3.8, 4) is 0 Å². The number of anilines is 1. The van der Waals surface area contributed by atoms with Crippen LogP contribution in [0.25, 0.3) is 0 Å². The Labute approximate surface area is 178 Å². The second kappa shape index (κ2) is 9.18. The van der Waals surface area contributed by atoms with Gasteiger partial charge in [-0.05, 0) is 73.6 Å². The number of hydrogen-bond acceptors (Lipinski definition) is 3. The Balaban J connectivity index is 1.54. The first-order chi connectivity index (χ1) is 13.7. The molecule has 1 N–H and O–H groups in total. The van der Waals surface area contributed by atoms with Gasteiger partial charge in [-0.2, -0.15) is 0 Å². The Morgan fingerprint density at radius 3 is 2.52 bits per heavy atom. The monoisotopic (exact) mass is 434 g/mol. The summed E-state index contributed by atoms with van der Waals surface area (Å²) in [5, 5.41) is 3.57. The van der Waals surface area contributed by atoms with E-state index in [1.54, 1.807) is 24.3 Å². The fourth-order valence-corrected chi connectivity index (χ4v) is 4.83. The number of carbonyl (C=O) groups is 1. The molecule has 0 radical (unpaired) electrons. The van der Waals surface area contributed by atoms with Gasteiger partial charge in [0.05, 0.1) is 18.0 Å². The predicted molar refractivity (Wildman–Crippen MR) is 118 cm³/mol. The van der Waals surface area contributed by atoms with E-state index in [1.165, 1.54) is 21.9 Å². The number of halogens is 1. The minimum Gasteiger partial charge on any atom is -0.350 e. The SMILES string of the molecule is CC(NC(=O)CCCN(c1ccc(Cl)cc1)S(C)(=O)=O)c1ccc2c(c1)CCC2. The maximum Gasteiger partial charge on any atom is 0.232 e. The van der Waals surface area contributed by atoms with Crippen molar-refractivity contribution in [1.29, 1.82) is 0 Å². The van der Waals surface area contributed by atoms with Crippen LogP contribution < -0.4 is 9.62 Å². The zero-order chi connectivity index (χ0) is 21.0. The molecule has 0 aromatic heterocycles. The zero-order valence-corrected chi connectivity index (χ0v) is 18.4. The van der Waals surface area contributed by atoms with Crippen LogP contribution >= 0.6 is 11.6 Å². The minimum atomic E-state index is -3.44. The van der Waals surface area contributed by atoms with Crippen LogP contribution in [0.1, 0.15) is 48.9 Å². The highest BCUT2D eigenvalue weighted by molar-refractivity contribution is 7.92. The fraction of sp³-hybridized carbons (Fsp3) is 0.409. The molecule has 0 saturated carbocycles. The van der Waals surface area contributed by atoms with Crippen LogP contribution in [-0.4, -0.2) is 27.1 Å². The van der Waals surface area contributed by atoms with Crippen LogP contribution in [0.5, 0.6) is 0 Å². The van der Waals surface area contributed by atoms with Crippen molar-refractivity contribution < 1.29 is 13.2 Å². The highest BCUT2D eigenvalue weighted by Gasteiger charge is 2.18. The van der Waals surface area contributed by atoms with Crippen molar-refractivity contribution in [2.24, 2.45) is 0 Å². The quantitative estimate of drug-likeness (QED) is 0.675. The molecule has 0 aliphatic heterocycles. The largest absolute Gasteiger partial charge is 0.350 e. The summed E-state index contributed by atoms with van der Waals surface area (Å²) in [5.74, 6) is -0.0810. The van der Waals surface area contributed by atoms with Crippen molar-refractivity contribution in [3.63, 3.8) is 0 Å². The summed E-state index contributed by atoms with van der Waals surface area (Å²) in [7, 11) is -3.44. The number of rotatable bonds is 8. The normalized spacial score (nSPS) is 14.3. The number of aryl methyl sites for hydroxylation is 2. The van der Waals surface area contributed by atoms with E-state index in [0.29, 0.717) is 17.1 Å². The van der Waals surface area contributed by atoms with Gasteiger partial charge in [-0.25, -0.2) is 8.42 Å². The number of fused-ring (bicyclic) bond motifs is 1. The molecular weight excluding hydrogens is 408 g/mol. The van der Waals surface area contributed by atoms with Gasteiger partial charge >= 0.3 is 0 Å². The first kappa shape index (κ1) is 21.7. The lowest BCUT2D eigenvalue weighted by Gasteiger charge is -2.22. The lowest BCUT2D eigenvalue weighted by molar-refractivity contribution is -0.121. The van der Waals surface area contributed by atoms with Crippen LogP contribution in [0.4, 0.5) is 5.69 Å². The summed E-state index contributed by atoms with van der Waals surface area (Å²) in [5.41, 5.74) is 4.45. The summed E-state index contributed by atoms with van der Waals surface area (Å²) in [6.07, 6.45) is 5.30. The second-order valence-corrected chi connectivity index (χ2v) is 9.93. The molecule has 3 rings (SSSR count). The molecule has 0 spiro atoms. The number of amides is 1. The van der Waals surface area contributed by atoms with Crippen molar-refractivity contribution in [3.05, 3.63) is 64.2 Å².